The molecular weight excluding hydrogens is 251 g/mol. The minimum atomic E-state index is -0.877. The fourth-order valence-electron chi connectivity index (χ4n) is 1.79. The van der Waals surface area contributed by atoms with Gasteiger partial charge in [-0.25, -0.2) is 0 Å². The van der Waals surface area contributed by atoms with E-state index in [1.165, 1.54) is 0 Å². The average Bonchev–Trinajstić information content (AvgIpc) is 2.11. The Morgan fingerprint density at radius 3 is 2.56 bits per heavy atom. The number of carbonyl (C=O) groups is 1. The Kier molecular flexibility index (Phi) is 3.38. The van der Waals surface area contributed by atoms with Crippen LogP contribution < -0.4 is 0 Å². The second-order valence-electron chi connectivity index (χ2n) is 3.78. The number of hydrogen-bond acceptors (Lipinski definition) is 2. The monoisotopic (exact) mass is 260 g/mol. The van der Waals surface area contributed by atoms with E-state index in [2.05, 4.69) is 0 Å². The second kappa shape index (κ2) is 4.62. The standard InChI is InChI=1S/C11H10Cl2O3/c12-7-1-2-8(9(13)3-7)10(11(14)15)6-4-16-5-6/h1-3,6,10H,4-5H2,(H,14,15). The SMILES string of the molecule is O=C(O)C(c1ccc(Cl)cc1Cl)C1COC1. The molecule has 16 heavy (non-hydrogen) atoms. The summed E-state index contributed by atoms with van der Waals surface area (Å²) in [6.45, 7) is 0.936. The molecule has 1 atom stereocenters. The minimum Gasteiger partial charge on any atom is -0.481 e. The van der Waals surface area contributed by atoms with Crippen molar-refractivity contribution in [2.75, 3.05) is 13.2 Å². The zero-order valence-electron chi connectivity index (χ0n) is 8.32. The molecule has 0 amide bonds. The van der Waals surface area contributed by atoms with E-state index in [9.17, 15) is 9.90 Å². The van der Waals surface area contributed by atoms with Crippen molar-refractivity contribution >= 4 is 29.2 Å². The highest BCUT2D eigenvalue weighted by molar-refractivity contribution is 6.35. The summed E-state index contributed by atoms with van der Waals surface area (Å²) in [7, 11) is 0. The summed E-state index contributed by atoms with van der Waals surface area (Å²) in [6.07, 6.45) is 0. The molecule has 0 aliphatic carbocycles. The summed E-state index contributed by atoms with van der Waals surface area (Å²) in [6, 6.07) is 4.88. The molecule has 1 N–H and O–H groups in total. The molecule has 1 aliphatic heterocycles. The predicted molar refractivity (Wildman–Crippen MR) is 61.1 cm³/mol. The van der Waals surface area contributed by atoms with Gasteiger partial charge < -0.3 is 9.84 Å². The summed E-state index contributed by atoms with van der Waals surface area (Å²) < 4.78 is 5.02. The number of hydrogen-bond donors (Lipinski definition) is 1. The topological polar surface area (TPSA) is 46.5 Å². The lowest BCUT2D eigenvalue weighted by atomic mass is 9.85. The van der Waals surface area contributed by atoms with Crippen LogP contribution in [0.3, 0.4) is 0 Å². The maximum Gasteiger partial charge on any atom is 0.311 e. The summed E-state index contributed by atoms with van der Waals surface area (Å²) >= 11 is 11.8. The molecule has 1 saturated heterocycles. The van der Waals surface area contributed by atoms with Gasteiger partial charge in [0.2, 0.25) is 0 Å². The van der Waals surface area contributed by atoms with E-state index in [4.69, 9.17) is 27.9 Å². The van der Waals surface area contributed by atoms with E-state index in [-0.39, 0.29) is 5.92 Å². The summed E-state index contributed by atoms with van der Waals surface area (Å²) in [4.78, 5) is 11.2. The normalized spacial score (nSPS) is 17.9. The average molecular weight is 261 g/mol. The Morgan fingerprint density at radius 1 is 1.44 bits per heavy atom. The number of carboxylic acids is 1. The van der Waals surface area contributed by atoms with E-state index in [0.717, 1.165) is 0 Å². The highest BCUT2D eigenvalue weighted by Gasteiger charge is 2.36. The molecule has 1 heterocycles. The lowest BCUT2D eigenvalue weighted by Gasteiger charge is -2.31. The van der Waals surface area contributed by atoms with Crippen molar-refractivity contribution in [3.8, 4) is 0 Å². The first-order valence-corrected chi connectivity index (χ1v) is 5.60. The lowest BCUT2D eigenvalue weighted by molar-refractivity contribution is -0.146. The molecule has 5 heteroatoms. The number of rotatable bonds is 3. The van der Waals surface area contributed by atoms with Crippen molar-refractivity contribution < 1.29 is 14.6 Å². The Labute approximate surface area is 103 Å². The van der Waals surface area contributed by atoms with Crippen LogP contribution in [-0.4, -0.2) is 24.3 Å². The van der Waals surface area contributed by atoms with E-state index in [0.29, 0.717) is 28.8 Å². The molecular formula is C11H10Cl2O3. The van der Waals surface area contributed by atoms with E-state index < -0.39 is 11.9 Å². The van der Waals surface area contributed by atoms with Gasteiger partial charge in [-0.2, -0.15) is 0 Å². The van der Waals surface area contributed by atoms with Crippen molar-refractivity contribution in [1.82, 2.24) is 0 Å². The summed E-state index contributed by atoms with van der Waals surface area (Å²) in [5.74, 6) is -1.49. The minimum absolute atomic E-state index is 0.00354. The molecule has 1 fully saturated rings. The molecule has 0 spiro atoms. The van der Waals surface area contributed by atoms with Gasteiger partial charge in [0.1, 0.15) is 0 Å². The van der Waals surface area contributed by atoms with Gasteiger partial charge in [0.25, 0.3) is 0 Å². The largest absolute Gasteiger partial charge is 0.481 e. The molecule has 1 aromatic rings. The van der Waals surface area contributed by atoms with Crippen molar-refractivity contribution in [1.29, 1.82) is 0 Å². The molecule has 0 aromatic heterocycles. The van der Waals surface area contributed by atoms with Crippen LogP contribution >= 0.6 is 23.2 Å². The van der Waals surface area contributed by atoms with Crippen LogP contribution in [0.4, 0.5) is 0 Å². The maximum absolute atomic E-state index is 11.2. The molecule has 0 radical (unpaired) electrons. The van der Waals surface area contributed by atoms with Crippen LogP contribution in [0.5, 0.6) is 0 Å². The zero-order chi connectivity index (χ0) is 11.7. The number of ether oxygens (including phenoxy) is 1. The second-order valence-corrected chi connectivity index (χ2v) is 4.62. The number of carboxylic acid groups (broad SMARTS) is 1. The van der Waals surface area contributed by atoms with Gasteiger partial charge in [0.15, 0.2) is 0 Å². The highest BCUT2D eigenvalue weighted by atomic mass is 35.5. The van der Waals surface area contributed by atoms with Crippen molar-refractivity contribution in [3.63, 3.8) is 0 Å². The van der Waals surface area contributed by atoms with Gasteiger partial charge in [0.05, 0.1) is 19.1 Å². The predicted octanol–water partition coefficient (Wildman–Crippen LogP) is 2.81. The molecule has 2 rings (SSSR count). The molecule has 3 nitrogen and oxygen atoms in total. The Morgan fingerprint density at radius 2 is 2.12 bits per heavy atom. The van der Waals surface area contributed by atoms with Gasteiger partial charge in [-0.3, -0.25) is 4.79 Å². The lowest BCUT2D eigenvalue weighted by Crippen LogP contribution is -2.36. The first kappa shape index (κ1) is 11.7. The van der Waals surface area contributed by atoms with Gasteiger partial charge in [-0.05, 0) is 17.7 Å². The van der Waals surface area contributed by atoms with Gasteiger partial charge in [0, 0.05) is 16.0 Å². The fourth-order valence-corrected chi connectivity index (χ4v) is 2.31. The first-order chi connectivity index (χ1) is 7.59. The van der Waals surface area contributed by atoms with Crippen LogP contribution in [-0.2, 0) is 9.53 Å². The summed E-state index contributed by atoms with van der Waals surface area (Å²) in [5.41, 5.74) is 0.604. The molecule has 0 bridgehead atoms. The van der Waals surface area contributed by atoms with E-state index in [1.807, 2.05) is 0 Å². The third kappa shape index (κ3) is 2.17. The molecule has 86 valence electrons. The summed E-state index contributed by atoms with van der Waals surface area (Å²) in [5, 5.41) is 10.1. The van der Waals surface area contributed by atoms with Gasteiger partial charge >= 0.3 is 5.97 Å². The van der Waals surface area contributed by atoms with Crippen molar-refractivity contribution in [2.45, 2.75) is 5.92 Å². The smallest absolute Gasteiger partial charge is 0.311 e. The Balaban J connectivity index is 2.34. The molecule has 1 aliphatic rings. The molecule has 1 aromatic carbocycles. The van der Waals surface area contributed by atoms with E-state index in [1.54, 1.807) is 18.2 Å². The maximum atomic E-state index is 11.2. The van der Waals surface area contributed by atoms with Crippen LogP contribution in [0.1, 0.15) is 11.5 Å². The Hall–Kier alpha value is -0.770. The van der Waals surface area contributed by atoms with Crippen LogP contribution in [0, 0.1) is 5.92 Å². The van der Waals surface area contributed by atoms with Crippen LogP contribution in [0.2, 0.25) is 10.0 Å². The van der Waals surface area contributed by atoms with Crippen LogP contribution in [0.25, 0.3) is 0 Å². The Bertz CT molecular complexity index is 416. The fraction of sp³-hybridized carbons (Fsp3) is 0.364. The van der Waals surface area contributed by atoms with Crippen molar-refractivity contribution in [2.24, 2.45) is 5.92 Å². The quantitative estimate of drug-likeness (QED) is 0.909. The number of halogens is 2. The first-order valence-electron chi connectivity index (χ1n) is 4.85. The highest BCUT2D eigenvalue weighted by Crippen LogP contribution is 2.35. The molecule has 1 unspecified atom stereocenters. The van der Waals surface area contributed by atoms with E-state index >= 15 is 0 Å². The third-order valence-corrected chi connectivity index (χ3v) is 3.26. The number of benzene rings is 1. The third-order valence-electron chi connectivity index (χ3n) is 2.70. The molecule has 0 saturated carbocycles. The zero-order valence-corrected chi connectivity index (χ0v) is 9.83. The van der Waals surface area contributed by atoms with Gasteiger partial charge in [-0.1, -0.05) is 29.3 Å². The van der Waals surface area contributed by atoms with Gasteiger partial charge in [-0.15, -0.1) is 0 Å². The van der Waals surface area contributed by atoms with Crippen molar-refractivity contribution in [3.05, 3.63) is 33.8 Å². The number of aliphatic carboxylic acids is 1. The van der Waals surface area contributed by atoms with Crippen LogP contribution in [0.15, 0.2) is 18.2 Å².